The van der Waals surface area contributed by atoms with E-state index in [2.05, 4.69) is 9.97 Å². The summed E-state index contributed by atoms with van der Waals surface area (Å²) in [6.45, 7) is 1.33. The lowest BCUT2D eigenvalue weighted by molar-refractivity contribution is -0.137. The topological polar surface area (TPSA) is 89.2 Å². The fourth-order valence-corrected chi connectivity index (χ4v) is 1.95. The van der Waals surface area contributed by atoms with Gasteiger partial charge >= 0.3 is 11.7 Å². The van der Waals surface area contributed by atoms with Crippen molar-refractivity contribution >= 4 is 17.0 Å². The SMILES string of the molecule is CN(CCC(=O)O)CCc1ccc2[nH]c(=O)[nH]c2c1. The number of benzene rings is 1. The molecule has 102 valence electrons. The van der Waals surface area contributed by atoms with Crippen LogP contribution >= 0.6 is 0 Å². The predicted octanol–water partition coefficient (Wildman–Crippen LogP) is 0.805. The van der Waals surface area contributed by atoms with Gasteiger partial charge in [-0.2, -0.15) is 0 Å². The van der Waals surface area contributed by atoms with Crippen molar-refractivity contribution < 1.29 is 9.90 Å². The van der Waals surface area contributed by atoms with Crippen molar-refractivity contribution in [1.29, 1.82) is 0 Å². The molecule has 3 N–H and O–H groups in total. The van der Waals surface area contributed by atoms with Gasteiger partial charge in [0.05, 0.1) is 17.5 Å². The first kappa shape index (κ1) is 13.4. The first-order valence-electron chi connectivity index (χ1n) is 6.16. The molecule has 19 heavy (non-hydrogen) atoms. The normalized spacial score (nSPS) is 11.3. The Hall–Kier alpha value is -2.08. The molecule has 6 nitrogen and oxygen atoms in total. The van der Waals surface area contributed by atoms with Gasteiger partial charge < -0.3 is 20.0 Å². The second kappa shape index (κ2) is 5.71. The zero-order valence-corrected chi connectivity index (χ0v) is 10.8. The molecule has 1 heterocycles. The maximum Gasteiger partial charge on any atom is 0.323 e. The summed E-state index contributed by atoms with van der Waals surface area (Å²) in [5.74, 6) is -0.779. The Morgan fingerprint density at radius 2 is 2.00 bits per heavy atom. The van der Waals surface area contributed by atoms with Crippen molar-refractivity contribution in [3.05, 3.63) is 34.2 Å². The van der Waals surface area contributed by atoms with E-state index in [4.69, 9.17) is 5.11 Å². The summed E-state index contributed by atoms with van der Waals surface area (Å²) in [7, 11) is 1.90. The van der Waals surface area contributed by atoms with Crippen LogP contribution in [-0.2, 0) is 11.2 Å². The average molecular weight is 263 g/mol. The monoisotopic (exact) mass is 263 g/mol. The molecule has 0 saturated carbocycles. The molecule has 0 aliphatic rings. The predicted molar refractivity (Wildman–Crippen MR) is 72.4 cm³/mol. The van der Waals surface area contributed by atoms with Crippen LogP contribution in [0, 0.1) is 0 Å². The number of hydrogen-bond acceptors (Lipinski definition) is 3. The number of aliphatic carboxylic acids is 1. The van der Waals surface area contributed by atoms with E-state index in [1.807, 2.05) is 30.1 Å². The highest BCUT2D eigenvalue weighted by molar-refractivity contribution is 5.75. The zero-order chi connectivity index (χ0) is 13.8. The number of likely N-dealkylation sites (N-methyl/N-ethyl adjacent to an activating group) is 1. The van der Waals surface area contributed by atoms with Gasteiger partial charge in [0.25, 0.3) is 0 Å². The van der Waals surface area contributed by atoms with E-state index in [1.54, 1.807) is 0 Å². The molecule has 0 spiro atoms. The number of aromatic amines is 2. The second-order valence-corrected chi connectivity index (χ2v) is 4.66. The summed E-state index contributed by atoms with van der Waals surface area (Å²) < 4.78 is 0. The van der Waals surface area contributed by atoms with E-state index in [0.717, 1.165) is 29.6 Å². The zero-order valence-electron chi connectivity index (χ0n) is 10.8. The molecule has 1 aromatic heterocycles. The molecule has 0 aliphatic heterocycles. The van der Waals surface area contributed by atoms with E-state index in [1.165, 1.54) is 0 Å². The standard InChI is InChI=1S/C13H17N3O3/c1-16(7-5-12(17)18)6-4-9-2-3-10-11(8-9)15-13(19)14-10/h2-3,8H,4-7H2,1H3,(H,17,18)(H2,14,15,19). The maximum absolute atomic E-state index is 11.1. The van der Waals surface area contributed by atoms with Crippen LogP contribution < -0.4 is 5.69 Å². The van der Waals surface area contributed by atoms with Crippen LogP contribution in [0.15, 0.2) is 23.0 Å². The highest BCUT2D eigenvalue weighted by Crippen LogP contribution is 2.10. The van der Waals surface area contributed by atoms with Gasteiger partial charge in [0.1, 0.15) is 0 Å². The molecule has 0 fully saturated rings. The second-order valence-electron chi connectivity index (χ2n) is 4.66. The van der Waals surface area contributed by atoms with Crippen molar-refractivity contribution in [2.75, 3.05) is 20.1 Å². The van der Waals surface area contributed by atoms with Crippen LogP contribution in [0.25, 0.3) is 11.0 Å². The van der Waals surface area contributed by atoms with Gasteiger partial charge in [-0.15, -0.1) is 0 Å². The average Bonchev–Trinajstić information content (AvgIpc) is 2.73. The third-order valence-corrected chi connectivity index (χ3v) is 3.07. The van der Waals surface area contributed by atoms with Gasteiger partial charge in [-0.1, -0.05) is 6.07 Å². The Balaban J connectivity index is 1.93. The van der Waals surface area contributed by atoms with Crippen LogP contribution in [0.2, 0.25) is 0 Å². The van der Waals surface area contributed by atoms with Gasteiger partial charge in [-0.3, -0.25) is 4.79 Å². The van der Waals surface area contributed by atoms with Gasteiger partial charge in [0.15, 0.2) is 0 Å². The molecule has 0 radical (unpaired) electrons. The van der Waals surface area contributed by atoms with E-state index in [9.17, 15) is 9.59 Å². The first-order valence-corrected chi connectivity index (χ1v) is 6.16. The number of fused-ring (bicyclic) bond motifs is 1. The third kappa shape index (κ3) is 3.69. The summed E-state index contributed by atoms with van der Waals surface area (Å²) in [6.07, 6.45) is 0.972. The van der Waals surface area contributed by atoms with Crippen molar-refractivity contribution in [1.82, 2.24) is 14.9 Å². The summed E-state index contributed by atoms with van der Waals surface area (Å²) in [6, 6.07) is 5.79. The molecule has 2 rings (SSSR count). The minimum Gasteiger partial charge on any atom is -0.481 e. The highest BCUT2D eigenvalue weighted by atomic mass is 16.4. The lowest BCUT2D eigenvalue weighted by atomic mass is 10.1. The van der Waals surface area contributed by atoms with Crippen LogP contribution in [0.3, 0.4) is 0 Å². The molecule has 0 aliphatic carbocycles. The van der Waals surface area contributed by atoms with Crippen molar-refractivity contribution in [3.63, 3.8) is 0 Å². The smallest absolute Gasteiger partial charge is 0.323 e. The van der Waals surface area contributed by atoms with Gasteiger partial charge in [0, 0.05) is 13.1 Å². The summed E-state index contributed by atoms with van der Waals surface area (Å²) in [4.78, 5) is 29.0. The Bertz CT molecular complexity index is 629. The van der Waals surface area contributed by atoms with E-state index in [-0.39, 0.29) is 12.1 Å². The van der Waals surface area contributed by atoms with Gasteiger partial charge in [0.2, 0.25) is 0 Å². The molecule has 0 saturated heterocycles. The number of carboxylic acid groups (broad SMARTS) is 1. The Morgan fingerprint density at radius 1 is 1.26 bits per heavy atom. The fourth-order valence-electron chi connectivity index (χ4n) is 1.95. The van der Waals surface area contributed by atoms with Gasteiger partial charge in [-0.25, -0.2) is 4.79 Å². The van der Waals surface area contributed by atoms with E-state index in [0.29, 0.717) is 6.54 Å². The first-order chi connectivity index (χ1) is 9.04. The third-order valence-electron chi connectivity index (χ3n) is 3.07. The molecular formula is C13H17N3O3. The number of aromatic nitrogens is 2. The minimum atomic E-state index is -0.779. The molecule has 0 atom stereocenters. The Labute approximate surface area is 110 Å². The molecule has 2 aromatic rings. The van der Waals surface area contributed by atoms with Crippen LogP contribution in [0.1, 0.15) is 12.0 Å². The van der Waals surface area contributed by atoms with E-state index >= 15 is 0 Å². The highest BCUT2D eigenvalue weighted by Gasteiger charge is 2.04. The number of imidazole rings is 1. The molecule has 0 bridgehead atoms. The molecule has 6 heteroatoms. The lowest BCUT2D eigenvalue weighted by Gasteiger charge is -2.15. The number of carbonyl (C=O) groups is 1. The minimum absolute atomic E-state index is 0.153. The molecular weight excluding hydrogens is 246 g/mol. The van der Waals surface area contributed by atoms with Crippen LogP contribution in [0.4, 0.5) is 0 Å². The van der Waals surface area contributed by atoms with Crippen LogP contribution in [0.5, 0.6) is 0 Å². The molecule has 0 amide bonds. The number of rotatable bonds is 6. The fraction of sp³-hybridized carbons (Fsp3) is 0.385. The summed E-state index contributed by atoms with van der Waals surface area (Å²) >= 11 is 0. The summed E-state index contributed by atoms with van der Waals surface area (Å²) in [5, 5.41) is 8.60. The van der Waals surface area contributed by atoms with Gasteiger partial charge in [-0.05, 0) is 31.2 Å². The quantitative estimate of drug-likeness (QED) is 0.719. The Morgan fingerprint density at radius 3 is 2.74 bits per heavy atom. The lowest BCUT2D eigenvalue weighted by Crippen LogP contribution is -2.24. The largest absolute Gasteiger partial charge is 0.481 e. The summed E-state index contributed by atoms with van der Waals surface area (Å²) in [5.41, 5.74) is 2.51. The number of hydrogen-bond donors (Lipinski definition) is 3. The Kier molecular flexibility index (Phi) is 4.01. The van der Waals surface area contributed by atoms with Crippen LogP contribution in [-0.4, -0.2) is 46.1 Å². The molecule has 0 unspecified atom stereocenters. The van der Waals surface area contributed by atoms with Crippen molar-refractivity contribution in [2.45, 2.75) is 12.8 Å². The van der Waals surface area contributed by atoms with Crippen molar-refractivity contribution in [2.24, 2.45) is 0 Å². The number of nitrogens with zero attached hydrogens (tertiary/aromatic N) is 1. The number of nitrogens with one attached hydrogen (secondary N) is 2. The van der Waals surface area contributed by atoms with E-state index < -0.39 is 5.97 Å². The number of H-pyrrole nitrogens is 2. The maximum atomic E-state index is 11.1. The molecule has 1 aromatic carbocycles. The van der Waals surface area contributed by atoms with Crippen molar-refractivity contribution in [3.8, 4) is 0 Å². The number of carboxylic acids is 1.